The number of para-hydroxylation sites is 1. The molecule has 2 N–H and O–H groups in total. The molecule has 0 atom stereocenters. The molecule has 24 heavy (non-hydrogen) atoms. The predicted octanol–water partition coefficient (Wildman–Crippen LogP) is 3.74. The van der Waals surface area contributed by atoms with Crippen molar-refractivity contribution >= 4 is 27.5 Å². The molecule has 2 aromatic rings. The summed E-state index contributed by atoms with van der Waals surface area (Å²) < 4.78 is 37.7. The van der Waals surface area contributed by atoms with Crippen LogP contribution in [-0.2, 0) is 6.42 Å². The molecule has 0 amide bonds. The van der Waals surface area contributed by atoms with Gasteiger partial charge in [0.05, 0.1) is 21.6 Å². The highest BCUT2D eigenvalue weighted by atomic mass is 32.1. The van der Waals surface area contributed by atoms with Crippen molar-refractivity contribution in [3.63, 3.8) is 0 Å². The minimum absolute atomic E-state index is 0.173. The van der Waals surface area contributed by atoms with Crippen LogP contribution in [-0.4, -0.2) is 36.8 Å². The summed E-state index contributed by atoms with van der Waals surface area (Å²) in [5, 5.41) is 6.71. The number of nitrogens with one attached hydrogen (secondary N) is 2. The molecule has 0 aliphatic rings. The Bertz CT molecular complexity index is 634. The number of rotatable bonds is 7. The highest BCUT2D eigenvalue weighted by molar-refractivity contribution is 7.18. The molecule has 0 aliphatic carbocycles. The second-order valence-electron chi connectivity index (χ2n) is 5.23. The van der Waals surface area contributed by atoms with Gasteiger partial charge in [-0.25, -0.2) is 4.98 Å². The molecule has 0 saturated heterocycles. The van der Waals surface area contributed by atoms with Gasteiger partial charge >= 0.3 is 6.18 Å². The van der Waals surface area contributed by atoms with Gasteiger partial charge in [0.2, 0.25) is 0 Å². The van der Waals surface area contributed by atoms with E-state index >= 15 is 0 Å². The van der Waals surface area contributed by atoms with E-state index in [4.69, 9.17) is 0 Å². The molecule has 0 bridgehead atoms. The van der Waals surface area contributed by atoms with Crippen molar-refractivity contribution < 1.29 is 13.2 Å². The average Bonchev–Trinajstić information content (AvgIpc) is 2.93. The van der Waals surface area contributed by atoms with Crippen molar-refractivity contribution in [3.05, 3.63) is 29.3 Å². The van der Waals surface area contributed by atoms with Crippen molar-refractivity contribution in [2.45, 2.75) is 32.4 Å². The van der Waals surface area contributed by atoms with Crippen LogP contribution in [0.25, 0.3) is 10.2 Å². The Morgan fingerprint density at radius 1 is 1.25 bits per heavy atom. The Balaban J connectivity index is 1.78. The molecule has 0 spiro atoms. The number of aromatic nitrogens is 1. The third-order valence-electron chi connectivity index (χ3n) is 3.20. The number of aliphatic imine (C=N–C) groups is 1. The molecule has 1 aromatic carbocycles. The molecule has 1 heterocycles. The number of thiazole rings is 1. The maximum Gasteiger partial charge on any atom is 0.390 e. The molecule has 4 nitrogen and oxygen atoms in total. The Labute approximate surface area is 143 Å². The molecule has 8 heteroatoms. The molecule has 0 fully saturated rings. The molecule has 0 radical (unpaired) electrons. The zero-order valence-electron chi connectivity index (χ0n) is 13.5. The number of aryl methyl sites for hydroxylation is 1. The molecular formula is C16H21F3N4S. The first-order chi connectivity index (χ1) is 11.5. The predicted molar refractivity (Wildman–Crippen MR) is 92.6 cm³/mol. The van der Waals surface area contributed by atoms with Crippen LogP contribution in [0.15, 0.2) is 29.3 Å². The van der Waals surface area contributed by atoms with Crippen LogP contribution in [0.5, 0.6) is 0 Å². The Morgan fingerprint density at radius 3 is 2.75 bits per heavy atom. The smallest absolute Gasteiger partial charge is 0.357 e. The van der Waals surface area contributed by atoms with Gasteiger partial charge in [0, 0.05) is 26.1 Å². The zero-order valence-corrected chi connectivity index (χ0v) is 14.3. The molecule has 0 aliphatic heterocycles. The van der Waals surface area contributed by atoms with Crippen molar-refractivity contribution in [1.82, 2.24) is 15.6 Å². The lowest BCUT2D eigenvalue weighted by molar-refractivity contribution is -0.132. The maximum atomic E-state index is 12.2. The van der Waals surface area contributed by atoms with Gasteiger partial charge in [0.25, 0.3) is 0 Å². The van der Waals surface area contributed by atoms with Crippen LogP contribution < -0.4 is 10.6 Å². The Kier molecular flexibility index (Phi) is 6.84. The summed E-state index contributed by atoms with van der Waals surface area (Å²) in [5.41, 5.74) is 1.00. The highest BCUT2D eigenvalue weighted by Gasteiger charge is 2.26. The fraction of sp³-hybridized carbons (Fsp3) is 0.500. The number of hydrogen-bond acceptors (Lipinski definition) is 3. The van der Waals surface area contributed by atoms with E-state index in [2.05, 4.69) is 20.6 Å². The van der Waals surface area contributed by atoms with Crippen LogP contribution in [0.1, 0.15) is 24.8 Å². The number of hydrogen-bond donors (Lipinski definition) is 2. The van der Waals surface area contributed by atoms with E-state index in [1.54, 1.807) is 11.3 Å². The van der Waals surface area contributed by atoms with E-state index in [0.29, 0.717) is 19.0 Å². The van der Waals surface area contributed by atoms with Gasteiger partial charge in [-0.05, 0) is 25.5 Å². The van der Waals surface area contributed by atoms with E-state index in [-0.39, 0.29) is 6.54 Å². The lowest BCUT2D eigenvalue weighted by Gasteiger charge is -2.12. The number of benzene rings is 1. The van der Waals surface area contributed by atoms with Gasteiger partial charge in [0.1, 0.15) is 0 Å². The highest BCUT2D eigenvalue weighted by Crippen LogP contribution is 2.22. The maximum absolute atomic E-state index is 12.2. The van der Waals surface area contributed by atoms with Gasteiger partial charge in [-0.1, -0.05) is 12.1 Å². The number of guanidine groups is 1. The number of nitrogens with zero attached hydrogens (tertiary/aromatic N) is 2. The molecule has 2 rings (SSSR count). The van der Waals surface area contributed by atoms with Crippen molar-refractivity contribution in [3.8, 4) is 0 Å². The van der Waals surface area contributed by atoms with Crippen molar-refractivity contribution in [2.75, 3.05) is 19.6 Å². The average molecular weight is 358 g/mol. The normalized spacial score (nSPS) is 12.6. The van der Waals surface area contributed by atoms with E-state index in [1.807, 2.05) is 31.2 Å². The first kappa shape index (κ1) is 18.5. The minimum atomic E-state index is -4.16. The van der Waals surface area contributed by atoms with Crippen LogP contribution >= 0.6 is 11.3 Å². The van der Waals surface area contributed by atoms with Crippen molar-refractivity contribution in [1.29, 1.82) is 0 Å². The molecule has 0 unspecified atom stereocenters. The van der Waals surface area contributed by atoms with Crippen LogP contribution in [0, 0.1) is 0 Å². The van der Waals surface area contributed by atoms with E-state index in [0.717, 1.165) is 28.1 Å². The van der Waals surface area contributed by atoms with E-state index in [9.17, 15) is 13.2 Å². The first-order valence-electron chi connectivity index (χ1n) is 7.91. The fourth-order valence-electron chi connectivity index (χ4n) is 2.11. The molecule has 1 aromatic heterocycles. The van der Waals surface area contributed by atoms with Gasteiger partial charge < -0.3 is 10.6 Å². The molecular weight excluding hydrogens is 337 g/mol. The number of halogens is 3. The molecule has 0 saturated carbocycles. The number of fused-ring (bicyclic) bond motifs is 1. The topological polar surface area (TPSA) is 49.3 Å². The Hall–Kier alpha value is -1.83. The SMILES string of the molecule is CCNC(=NCCCc1nc2ccccc2s1)NCCC(F)(F)F. The van der Waals surface area contributed by atoms with E-state index < -0.39 is 12.6 Å². The van der Waals surface area contributed by atoms with Gasteiger partial charge in [-0.3, -0.25) is 4.99 Å². The summed E-state index contributed by atoms with van der Waals surface area (Å²) in [7, 11) is 0. The zero-order chi connectivity index (χ0) is 17.4. The molecule has 132 valence electrons. The summed E-state index contributed by atoms with van der Waals surface area (Å²) >= 11 is 1.67. The second kappa shape index (κ2) is 8.86. The fourth-order valence-corrected chi connectivity index (χ4v) is 3.12. The quantitative estimate of drug-likeness (QED) is 0.450. The van der Waals surface area contributed by atoms with Crippen LogP contribution in [0.2, 0.25) is 0 Å². The third-order valence-corrected chi connectivity index (χ3v) is 4.30. The Morgan fingerprint density at radius 2 is 2.04 bits per heavy atom. The lowest BCUT2D eigenvalue weighted by atomic mass is 10.3. The lowest BCUT2D eigenvalue weighted by Crippen LogP contribution is -2.39. The van der Waals surface area contributed by atoms with Crippen molar-refractivity contribution in [2.24, 2.45) is 4.99 Å². The summed E-state index contributed by atoms with van der Waals surface area (Å²) in [6.07, 6.45) is -3.42. The summed E-state index contributed by atoms with van der Waals surface area (Å²) in [5.74, 6) is 0.422. The van der Waals surface area contributed by atoms with Gasteiger partial charge in [-0.15, -0.1) is 11.3 Å². The largest absolute Gasteiger partial charge is 0.390 e. The standard InChI is InChI=1S/C16H21F3N4S/c1-2-20-15(22-11-9-16(17,18)19)21-10-5-8-14-23-12-6-3-4-7-13(12)24-14/h3-4,6-7H,2,5,8-11H2,1H3,(H2,20,21,22). The third kappa shape index (κ3) is 6.35. The minimum Gasteiger partial charge on any atom is -0.357 e. The van der Waals surface area contributed by atoms with Gasteiger partial charge in [0.15, 0.2) is 5.96 Å². The summed E-state index contributed by atoms with van der Waals surface area (Å²) in [6, 6.07) is 7.99. The first-order valence-corrected chi connectivity index (χ1v) is 8.73. The van der Waals surface area contributed by atoms with Crippen LogP contribution in [0.4, 0.5) is 13.2 Å². The number of alkyl halides is 3. The van der Waals surface area contributed by atoms with E-state index in [1.165, 1.54) is 0 Å². The summed E-state index contributed by atoms with van der Waals surface area (Å²) in [4.78, 5) is 8.86. The van der Waals surface area contributed by atoms with Crippen LogP contribution in [0.3, 0.4) is 0 Å². The monoisotopic (exact) mass is 358 g/mol. The second-order valence-corrected chi connectivity index (χ2v) is 6.35. The van der Waals surface area contributed by atoms with Gasteiger partial charge in [-0.2, -0.15) is 13.2 Å². The summed E-state index contributed by atoms with van der Waals surface area (Å²) in [6.45, 7) is 2.85.